The molecule has 2 aliphatic rings. The van der Waals surface area contributed by atoms with E-state index in [9.17, 15) is 4.79 Å². The molecule has 21 heavy (non-hydrogen) atoms. The molecule has 0 aromatic carbocycles. The Balaban J connectivity index is 1.69. The molecule has 0 spiro atoms. The number of hydrogen-bond donors (Lipinski definition) is 1. The highest BCUT2D eigenvalue weighted by Gasteiger charge is 2.28. The van der Waals surface area contributed by atoms with Gasteiger partial charge < -0.3 is 10.0 Å². The molecule has 0 radical (unpaired) electrons. The van der Waals surface area contributed by atoms with Crippen LogP contribution in [0.15, 0.2) is 6.33 Å². The zero-order valence-electron chi connectivity index (χ0n) is 12.5. The number of fused-ring (bicyclic) bond motifs is 1. The maximum Gasteiger partial charge on any atom is 0.304 e. The molecule has 1 aromatic rings. The Kier molecular flexibility index (Phi) is 4.05. The van der Waals surface area contributed by atoms with Crippen LogP contribution >= 0.6 is 0 Å². The molecule has 3 rings (SSSR count). The summed E-state index contributed by atoms with van der Waals surface area (Å²) >= 11 is 0. The van der Waals surface area contributed by atoms with Gasteiger partial charge in [0.15, 0.2) is 0 Å². The molecule has 2 heterocycles. The van der Waals surface area contributed by atoms with Crippen molar-refractivity contribution in [3.63, 3.8) is 0 Å². The van der Waals surface area contributed by atoms with Crippen molar-refractivity contribution in [2.45, 2.75) is 38.6 Å². The van der Waals surface area contributed by atoms with Gasteiger partial charge in [0.25, 0.3) is 0 Å². The first-order valence-corrected chi connectivity index (χ1v) is 7.68. The number of rotatable bonds is 4. The molecule has 1 fully saturated rings. The van der Waals surface area contributed by atoms with Gasteiger partial charge in [0.1, 0.15) is 12.1 Å². The SMILES string of the molecule is CC1CN(CCC(=O)O)CCN1c1ncnc2c1CCC2. The number of carbonyl (C=O) groups is 1. The summed E-state index contributed by atoms with van der Waals surface area (Å²) in [6.07, 6.45) is 5.22. The van der Waals surface area contributed by atoms with E-state index in [1.54, 1.807) is 6.33 Å². The second kappa shape index (κ2) is 5.97. The highest BCUT2D eigenvalue weighted by atomic mass is 16.4. The summed E-state index contributed by atoms with van der Waals surface area (Å²) in [7, 11) is 0. The van der Waals surface area contributed by atoms with E-state index in [0.29, 0.717) is 12.6 Å². The number of piperazine rings is 1. The molecule has 6 heteroatoms. The number of aliphatic carboxylic acids is 1. The van der Waals surface area contributed by atoms with Crippen LogP contribution in [0, 0.1) is 0 Å². The lowest BCUT2D eigenvalue weighted by Gasteiger charge is -2.41. The Labute approximate surface area is 124 Å². The van der Waals surface area contributed by atoms with E-state index in [2.05, 4.69) is 26.7 Å². The first-order chi connectivity index (χ1) is 10.1. The summed E-state index contributed by atoms with van der Waals surface area (Å²) in [5, 5.41) is 8.79. The fourth-order valence-corrected chi connectivity index (χ4v) is 3.39. The third kappa shape index (κ3) is 3.00. The van der Waals surface area contributed by atoms with E-state index >= 15 is 0 Å². The topological polar surface area (TPSA) is 69.6 Å². The van der Waals surface area contributed by atoms with Gasteiger partial charge in [-0.25, -0.2) is 9.97 Å². The highest BCUT2D eigenvalue weighted by molar-refractivity contribution is 5.66. The van der Waals surface area contributed by atoms with Crippen LogP contribution < -0.4 is 4.90 Å². The third-order valence-corrected chi connectivity index (χ3v) is 4.48. The van der Waals surface area contributed by atoms with Crippen LogP contribution in [0.4, 0.5) is 5.82 Å². The lowest BCUT2D eigenvalue weighted by molar-refractivity contribution is -0.137. The molecule has 1 unspecified atom stereocenters. The van der Waals surface area contributed by atoms with Crippen LogP contribution in [0.5, 0.6) is 0 Å². The molecule has 114 valence electrons. The van der Waals surface area contributed by atoms with Crippen molar-refractivity contribution in [1.29, 1.82) is 0 Å². The Morgan fingerprint density at radius 3 is 3.00 bits per heavy atom. The minimum absolute atomic E-state index is 0.218. The Morgan fingerprint density at radius 1 is 1.38 bits per heavy atom. The van der Waals surface area contributed by atoms with Crippen molar-refractivity contribution >= 4 is 11.8 Å². The molecule has 1 aromatic heterocycles. The largest absolute Gasteiger partial charge is 0.481 e. The average molecular weight is 290 g/mol. The van der Waals surface area contributed by atoms with Gasteiger partial charge in [0, 0.05) is 43.5 Å². The van der Waals surface area contributed by atoms with Crippen LogP contribution in [0.2, 0.25) is 0 Å². The van der Waals surface area contributed by atoms with Gasteiger partial charge in [0.2, 0.25) is 0 Å². The monoisotopic (exact) mass is 290 g/mol. The predicted molar refractivity (Wildman–Crippen MR) is 79.6 cm³/mol. The fourth-order valence-electron chi connectivity index (χ4n) is 3.39. The van der Waals surface area contributed by atoms with Crippen molar-refractivity contribution in [1.82, 2.24) is 14.9 Å². The molecule has 6 nitrogen and oxygen atoms in total. The van der Waals surface area contributed by atoms with E-state index in [1.165, 1.54) is 17.7 Å². The molecule has 0 bridgehead atoms. The lowest BCUT2D eigenvalue weighted by Crippen LogP contribution is -2.52. The van der Waals surface area contributed by atoms with Crippen LogP contribution in [0.1, 0.15) is 31.0 Å². The van der Waals surface area contributed by atoms with E-state index < -0.39 is 5.97 Å². The van der Waals surface area contributed by atoms with Gasteiger partial charge >= 0.3 is 5.97 Å². The van der Waals surface area contributed by atoms with Crippen LogP contribution in [0.25, 0.3) is 0 Å². The molecule has 1 saturated heterocycles. The summed E-state index contributed by atoms with van der Waals surface area (Å²) in [5.41, 5.74) is 2.53. The van der Waals surface area contributed by atoms with Gasteiger partial charge in [-0.2, -0.15) is 0 Å². The maximum absolute atomic E-state index is 10.7. The minimum atomic E-state index is -0.723. The smallest absolute Gasteiger partial charge is 0.304 e. The van der Waals surface area contributed by atoms with E-state index in [0.717, 1.165) is 38.3 Å². The first kappa shape index (κ1) is 14.3. The standard InChI is InChI=1S/C15H22N4O2/c1-11-9-18(6-5-14(20)21)7-8-19(11)15-12-3-2-4-13(12)16-10-17-15/h10-11H,2-9H2,1H3,(H,20,21). The predicted octanol–water partition coefficient (Wildman–Crippen LogP) is 0.950. The van der Waals surface area contributed by atoms with Crippen molar-refractivity contribution in [2.24, 2.45) is 0 Å². The van der Waals surface area contributed by atoms with Crippen LogP contribution in [0.3, 0.4) is 0 Å². The van der Waals surface area contributed by atoms with Gasteiger partial charge in [-0.1, -0.05) is 0 Å². The molecule has 0 amide bonds. The Hall–Kier alpha value is -1.69. The molecule has 1 N–H and O–H groups in total. The fraction of sp³-hybridized carbons (Fsp3) is 0.667. The number of carboxylic acids is 1. The molecular weight excluding hydrogens is 268 g/mol. The molecule has 0 saturated carbocycles. The number of nitrogens with zero attached hydrogens (tertiary/aromatic N) is 4. The van der Waals surface area contributed by atoms with E-state index in [4.69, 9.17) is 5.11 Å². The lowest BCUT2D eigenvalue weighted by atomic mass is 10.1. The number of anilines is 1. The number of aromatic nitrogens is 2. The van der Waals surface area contributed by atoms with E-state index in [-0.39, 0.29) is 6.42 Å². The summed E-state index contributed by atoms with van der Waals surface area (Å²) in [6.45, 7) is 5.53. The number of hydrogen-bond acceptors (Lipinski definition) is 5. The minimum Gasteiger partial charge on any atom is -0.481 e. The summed E-state index contributed by atoms with van der Waals surface area (Å²) in [5.74, 6) is 0.376. The summed E-state index contributed by atoms with van der Waals surface area (Å²) in [4.78, 5) is 24.2. The second-order valence-electron chi connectivity index (χ2n) is 5.96. The quantitative estimate of drug-likeness (QED) is 0.890. The number of carboxylic acid groups (broad SMARTS) is 1. The maximum atomic E-state index is 10.7. The first-order valence-electron chi connectivity index (χ1n) is 7.68. The van der Waals surface area contributed by atoms with Crippen LogP contribution in [-0.4, -0.2) is 58.2 Å². The van der Waals surface area contributed by atoms with Crippen molar-refractivity contribution in [3.8, 4) is 0 Å². The Morgan fingerprint density at radius 2 is 2.24 bits per heavy atom. The summed E-state index contributed by atoms with van der Waals surface area (Å²) < 4.78 is 0. The molecule has 1 aliphatic carbocycles. The van der Waals surface area contributed by atoms with E-state index in [1.807, 2.05) is 0 Å². The Bertz CT molecular complexity index is 534. The summed E-state index contributed by atoms with van der Waals surface area (Å²) in [6, 6.07) is 0.354. The molecular formula is C15H22N4O2. The second-order valence-corrected chi connectivity index (χ2v) is 5.96. The zero-order chi connectivity index (χ0) is 14.8. The van der Waals surface area contributed by atoms with Crippen molar-refractivity contribution in [2.75, 3.05) is 31.1 Å². The highest BCUT2D eigenvalue weighted by Crippen LogP contribution is 2.29. The molecule has 1 aliphatic heterocycles. The van der Waals surface area contributed by atoms with Gasteiger partial charge in [-0.3, -0.25) is 9.69 Å². The average Bonchev–Trinajstić information content (AvgIpc) is 2.94. The van der Waals surface area contributed by atoms with Gasteiger partial charge in [-0.05, 0) is 26.2 Å². The molecule has 1 atom stereocenters. The third-order valence-electron chi connectivity index (χ3n) is 4.48. The van der Waals surface area contributed by atoms with Gasteiger partial charge in [-0.15, -0.1) is 0 Å². The zero-order valence-corrected chi connectivity index (χ0v) is 12.5. The van der Waals surface area contributed by atoms with Crippen molar-refractivity contribution < 1.29 is 9.90 Å². The van der Waals surface area contributed by atoms with Crippen molar-refractivity contribution in [3.05, 3.63) is 17.6 Å². The normalized spacial score (nSPS) is 22.3. The van der Waals surface area contributed by atoms with Crippen LogP contribution in [-0.2, 0) is 17.6 Å². The van der Waals surface area contributed by atoms with Gasteiger partial charge in [0.05, 0.1) is 6.42 Å². The number of aryl methyl sites for hydroxylation is 1.